The fraction of sp³-hybridized carbons (Fsp3) is 0.636. The van der Waals surface area contributed by atoms with Gasteiger partial charge in [-0.2, -0.15) is 4.37 Å². The summed E-state index contributed by atoms with van der Waals surface area (Å²) in [4.78, 5) is 13.9. The number of nitrogens with two attached hydrogens (primary N) is 1. The molecule has 1 aromatic heterocycles. The minimum absolute atomic E-state index is 0.226. The second kappa shape index (κ2) is 7.17. The Bertz CT molecular complexity index is 395. The van der Waals surface area contributed by atoms with Crippen molar-refractivity contribution in [3.05, 3.63) is 5.56 Å². The summed E-state index contributed by atoms with van der Waals surface area (Å²) in [5.41, 5.74) is 6.10. The Kier molecular flexibility index (Phi) is 5.87. The van der Waals surface area contributed by atoms with Crippen LogP contribution in [-0.2, 0) is 9.47 Å². The van der Waals surface area contributed by atoms with Gasteiger partial charge in [-0.3, -0.25) is 0 Å². The Morgan fingerprint density at radius 1 is 1.50 bits per heavy atom. The molecule has 1 heterocycles. The van der Waals surface area contributed by atoms with Gasteiger partial charge < -0.3 is 20.1 Å². The molecule has 18 heavy (non-hydrogen) atoms. The maximum Gasteiger partial charge on any atom is 0.345 e. The third kappa shape index (κ3) is 3.33. The molecular weight excluding hydrogens is 254 g/mol. The van der Waals surface area contributed by atoms with E-state index in [-0.39, 0.29) is 5.82 Å². The van der Waals surface area contributed by atoms with Gasteiger partial charge >= 0.3 is 5.97 Å². The summed E-state index contributed by atoms with van der Waals surface area (Å²) in [5, 5.41) is 0.741. The summed E-state index contributed by atoms with van der Waals surface area (Å²) in [5.74, 6) is -0.195. The number of nitrogens with zero attached hydrogens (tertiary/aromatic N) is 2. The number of likely N-dealkylation sites (N-methyl/N-ethyl adjacent to an activating group) is 1. The number of esters is 1. The maximum atomic E-state index is 11.8. The minimum Gasteiger partial charge on any atom is -0.462 e. The monoisotopic (exact) mass is 273 g/mol. The first-order valence-electron chi connectivity index (χ1n) is 5.81. The number of anilines is 2. The van der Waals surface area contributed by atoms with Gasteiger partial charge in [-0.25, -0.2) is 4.79 Å². The van der Waals surface area contributed by atoms with Crippen molar-refractivity contribution in [1.82, 2.24) is 4.37 Å². The Balaban J connectivity index is 2.96. The molecule has 1 aromatic rings. The summed E-state index contributed by atoms with van der Waals surface area (Å²) in [6, 6.07) is 0. The zero-order chi connectivity index (χ0) is 13.5. The van der Waals surface area contributed by atoms with Crippen molar-refractivity contribution in [2.45, 2.75) is 13.8 Å². The zero-order valence-corrected chi connectivity index (χ0v) is 11.7. The van der Waals surface area contributed by atoms with Crippen LogP contribution in [0.5, 0.6) is 0 Å². The summed E-state index contributed by atoms with van der Waals surface area (Å²) in [6.07, 6.45) is 0. The van der Waals surface area contributed by atoms with Crippen LogP contribution in [0.2, 0.25) is 0 Å². The largest absolute Gasteiger partial charge is 0.462 e. The van der Waals surface area contributed by atoms with Crippen LogP contribution in [-0.4, -0.2) is 43.8 Å². The second-order valence-corrected chi connectivity index (χ2v) is 4.29. The van der Waals surface area contributed by atoms with Gasteiger partial charge in [0.15, 0.2) is 5.82 Å². The van der Waals surface area contributed by atoms with E-state index in [2.05, 4.69) is 4.37 Å². The van der Waals surface area contributed by atoms with Crippen LogP contribution in [0.4, 0.5) is 10.8 Å². The van der Waals surface area contributed by atoms with Crippen LogP contribution >= 0.6 is 11.5 Å². The first kappa shape index (κ1) is 14.7. The number of hydrogen-bond donors (Lipinski definition) is 1. The van der Waals surface area contributed by atoms with Crippen LogP contribution in [0.1, 0.15) is 24.2 Å². The van der Waals surface area contributed by atoms with Crippen LogP contribution in [0.25, 0.3) is 0 Å². The van der Waals surface area contributed by atoms with Crippen LogP contribution in [0.3, 0.4) is 0 Å². The molecule has 1 rings (SSSR count). The quantitative estimate of drug-likeness (QED) is 0.756. The third-order valence-electron chi connectivity index (χ3n) is 2.41. The molecule has 0 spiro atoms. The molecule has 0 atom stereocenters. The van der Waals surface area contributed by atoms with Gasteiger partial charge in [0.2, 0.25) is 0 Å². The fourth-order valence-corrected chi connectivity index (χ4v) is 2.40. The first-order chi connectivity index (χ1) is 8.65. The van der Waals surface area contributed by atoms with Crippen molar-refractivity contribution >= 4 is 28.3 Å². The molecule has 0 saturated heterocycles. The predicted molar refractivity (Wildman–Crippen MR) is 72.2 cm³/mol. The molecule has 0 radical (unpaired) electrons. The van der Waals surface area contributed by atoms with Crippen molar-refractivity contribution in [2.75, 3.05) is 44.0 Å². The highest BCUT2D eigenvalue weighted by atomic mass is 32.1. The van der Waals surface area contributed by atoms with Crippen LogP contribution in [0.15, 0.2) is 0 Å². The molecule has 0 unspecified atom stereocenters. The van der Waals surface area contributed by atoms with Crippen molar-refractivity contribution in [3.63, 3.8) is 0 Å². The van der Waals surface area contributed by atoms with Gasteiger partial charge in [0.05, 0.1) is 13.2 Å². The Morgan fingerprint density at radius 3 is 2.78 bits per heavy atom. The normalized spacial score (nSPS) is 10.4. The van der Waals surface area contributed by atoms with Gasteiger partial charge in [0.1, 0.15) is 10.6 Å². The molecule has 0 aliphatic carbocycles. The summed E-state index contributed by atoms with van der Waals surface area (Å²) in [7, 11) is 1.64. The molecule has 0 aromatic carbocycles. The number of aromatic nitrogens is 1. The van der Waals surface area contributed by atoms with E-state index in [0.29, 0.717) is 25.3 Å². The van der Waals surface area contributed by atoms with Crippen LogP contribution < -0.4 is 10.6 Å². The van der Waals surface area contributed by atoms with Gasteiger partial charge in [-0.15, -0.1) is 0 Å². The highest BCUT2D eigenvalue weighted by Crippen LogP contribution is 2.31. The lowest BCUT2D eigenvalue weighted by atomic mass is 10.3. The average molecular weight is 273 g/mol. The third-order valence-corrected chi connectivity index (χ3v) is 3.34. The van der Waals surface area contributed by atoms with E-state index in [1.165, 1.54) is 11.5 Å². The Morgan fingerprint density at radius 2 is 2.22 bits per heavy atom. The SMILES string of the molecule is CCOC(=O)c1c(N)nsc1N(CC)CCOC. The fourth-order valence-electron chi connectivity index (χ4n) is 1.51. The maximum absolute atomic E-state index is 11.8. The molecule has 0 bridgehead atoms. The lowest BCUT2D eigenvalue weighted by molar-refractivity contribution is 0.0528. The van der Waals surface area contributed by atoms with Crippen molar-refractivity contribution < 1.29 is 14.3 Å². The number of carbonyl (C=O) groups excluding carboxylic acids is 1. The highest BCUT2D eigenvalue weighted by molar-refractivity contribution is 7.11. The molecule has 0 aliphatic rings. The molecule has 6 nitrogen and oxygen atoms in total. The Labute approximate surface area is 111 Å². The highest BCUT2D eigenvalue weighted by Gasteiger charge is 2.23. The van der Waals surface area contributed by atoms with E-state index in [0.717, 1.165) is 11.5 Å². The lowest BCUT2D eigenvalue weighted by Gasteiger charge is -2.21. The molecule has 0 amide bonds. The molecule has 7 heteroatoms. The topological polar surface area (TPSA) is 77.7 Å². The number of hydrogen-bond acceptors (Lipinski definition) is 7. The molecule has 2 N–H and O–H groups in total. The number of methoxy groups -OCH3 is 1. The lowest BCUT2D eigenvalue weighted by Crippen LogP contribution is -2.27. The van der Waals surface area contributed by atoms with E-state index in [4.69, 9.17) is 15.2 Å². The number of rotatable bonds is 7. The zero-order valence-electron chi connectivity index (χ0n) is 10.9. The smallest absolute Gasteiger partial charge is 0.345 e. The summed E-state index contributed by atoms with van der Waals surface area (Å²) >= 11 is 1.21. The first-order valence-corrected chi connectivity index (χ1v) is 6.59. The van der Waals surface area contributed by atoms with E-state index in [9.17, 15) is 4.79 Å². The number of nitrogen functional groups attached to an aromatic ring is 1. The van der Waals surface area contributed by atoms with Crippen LogP contribution in [0, 0.1) is 0 Å². The van der Waals surface area contributed by atoms with Gasteiger partial charge in [0.25, 0.3) is 0 Å². The Hall–Kier alpha value is -1.34. The molecule has 0 aliphatic heterocycles. The van der Waals surface area contributed by atoms with Gasteiger partial charge in [0, 0.05) is 20.2 Å². The van der Waals surface area contributed by atoms with Crippen molar-refractivity contribution in [2.24, 2.45) is 0 Å². The van der Waals surface area contributed by atoms with E-state index < -0.39 is 5.97 Å². The number of carbonyl (C=O) groups is 1. The van der Waals surface area contributed by atoms with Crippen molar-refractivity contribution in [3.8, 4) is 0 Å². The second-order valence-electron chi connectivity index (χ2n) is 3.54. The van der Waals surface area contributed by atoms with E-state index in [1.807, 2.05) is 11.8 Å². The molecular formula is C11H19N3O3S. The molecule has 0 saturated carbocycles. The van der Waals surface area contributed by atoms with Gasteiger partial charge in [-0.05, 0) is 25.4 Å². The molecule has 0 fully saturated rings. The van der Waals surface area contributed by atoms with Crippen molar-refractivity contribution in [1.29, 1.82) is 0 Å². The summed E-state index contributed by atoms with van der Waals surface area (Å²) < 4.78 is 14.1. The van der Waals surface area contributed by atoms with Gasteiger partial charge in [-0.1, -0.05) is 0 Å². The standard InChI is InChI=1S/C11H19N3O3S/c1-4-14(6-7-16-3)10-8(9(12)13-18-10)11(15)17-5-2/h4-7H2,1-3H3,(H2,12,13). The predicted octanol–water partition coefficient (Wildman–Crippen LogP) is 1.37. The number of ether oxygens (including phenoxy) is 2. The average Bonchev–Trinajstić information content (AvgIpc) is 2.73. The minimum atomic E-state index is -0.422. The van der Waals surface area contributed by atoms with E-state index >= 15 is 0 Å². The molecule has 102 valence electrons. The van der Waals surface area contributed by atoms with E-state index in [1.54, 1.807) is 14.0 Å². The summed E-state index contributed by atoms with van der Waals surface area (Å²) in [6.45, 7) is 6.08.